The standard InChI is InChI=1S/C47H31N2OP.C43H29N2OP/c50-51(38-11-3-1-4-12-38,39-13-5-2-6-14-39)40-27-25-35-29-34(23-24-36(35)30-40)32-19-21-33(22-20-32)37-26-28-42-43(31-37)41-15-7-9-17-45(41)49-46-18-10-8-16-44(46)48-47(42)49;46-47(34-11-3-1-4-12-34,35-13-5-2-6-14-35)36-26-23-31(24-27-36)30-19-21-32(22-20-30)33-25-28-38-39(29-33)37-15-7-9-17-41(37)45-42-18-10-8-16-40(42)44-43(38)45/h1-31H;1-29H. The minimum absolute atomic E-state index is 0.832. The number of para-hydroxylation sites is 6. The topological polar surface area (TPSA) is 68.7 Å². The summed E-state index contributed by atoms with van der Waals surface area (Å²) in [4.78, 5) is 10.1. The molecule has 15 aromatic carbocycles. The van der Waals surface area contributed by atoms with Gasteiger partial charge in [-0.1, -0.05) is 291 Å². The maximum Gasteiger partial charge on any atom is 0.171 e. The van der Waals surface area contributed by atoms with Gasteiger partial charge in [-0.05, 0) is 139 Å². The van der Waals surface area contributed by atoms with Gasteiger partial charge >= 0.3 is 0 Å². The van der Waals surface area contributed by atoms with E-state index in [0.29, 0.717) is 0 Å². The quantitative estimate of drug-likeness (QED) is 0.101. The Morgan fingerprint density at radius 3 is 0.918 bits per heavy atom. The average Bonchev–Trinajstić information content (AvgIpc) is 1.53. The molecule has 0 spiro atoms. The van der Waals surface area contributed by atoms with E-state index in [9.17, 15) is 9.13 Å². The Hall–Kier alpha value is -12.0. The van der Waals surface area contributed by atoms with Gasteiger partial charge in [0.25, 0.3) is 0 Å². The van der Waals surface area contributed by atoms with E-state index in [1.807, 2.05) is 152 Å². The summed E-state index contributed by atoms with van der Waals surface area (Å²) in [6.07, 6.45) is 0. The summed E-state index contributed by atoms with van der Waals surface area (Å²) in [5.74, 6) is 0. The van der Waals surface area contributed by atoms with Gasteiger partial charge in [-0.3, -0.25) is 8.80 Å². The Kier molecular flexibility index (Phi) is 14.3. The maximum atomic E-state index is 14.9. The maximum absolute atomic E-state index is 14.9. The van der Waals surface area contributed by atoms with Crippen molar-refractivity contribution in [3.63, 3.8) is 0 Å². The molecule has 0 aliphatic heterocycles. The van der Waals surface area contributed by atoms with Crippen LogP contribution in [-0.2, 0) is 9.13 Å². The van der Waals surface area contributed by atoms with Crippen LogP contribution in [0.2, 0.25) is 0 Å². The molecule has 0 aliphatic rings. The molecule has 0 radical (unpaired) electrons. The van der Waals surface area contributed by atoms with Crippen LogP contribution in [-0.4, -0.2) is 18.8 Å². The number of nitrogens with zero attached hydrogens (tertiary/aromatic N) is 4. The largest absolute Gasteiger partial charge is 0.309 e. The summed E-state index contributed by atoms with van der Waals surface area (Å²) in [6.45, 7) is 0. The van der Waals surface area contributed by atoms with Crippen LogP contribution in [0.3, 0.4) is 0 Å². The van der Waals surface area contributed by atoms with E-state index in [2.05, 4.69) is 221 Å². The van der Waals surface area contributed by atoms with E-state index in [0.717, 1.165) is 131 Å². The van der Waals surface area contributed by atoms with Crippen molar-refractivity contribution < 1.29 is 9.13 Å². The number of aromatic nitrogens is 4. The first-order chi connectivity index (χ1) is 48.3. The zero-order chi connectivity index (χ0) is 65.3. The highest BCUT2D eigenvalue weighted by Gasteiger charge is 2.31. The monoisotopic (exact) mass is 1290 g/mol. The third kappa shape index (κ3) is 9.87. The second-order valence-electron chi connectivity index (χ2n) is 25.1. The van der Waals surface area contributed by atoms with Gasteiger partial charge in [0.05, 0.1) is 33.1 Å². The van der Waals surface area contributed by atoms with Gasteiger partial charge in [-0.25, -0.2) is 9.97 Å². The van der Waals surface area contributed by atoms with Crippen molar-refractivity contribution in [1.29, 1.82) is 0 Å². The van der Waals surface area contributed by atoms with Crippen LogP contribution in [0.25, 0.3) is 132 Å². The highest BCUT2D eigenvalue weighted by Crippen LogP contribution is 2.45. The van der Waals surface area contributed by atoms with Crippen molar-refractivity contribution in [2.75, 3.05) is 0 Å². The molecular weight excluding hydrogens is 1230 g/mol. The van der Waals surface area contributed by atoms with Gasteiger partial charge < -0.3 is 9.13 Å². The van der Waals surface area contributed by atoms with Crippen LogP contribution < -0.4 is 31.8 Å². The lowest BCUT2D eigenvalue weighted by atomic mass is 9.96. The van der Waals surface area contributed by atoms with Crippen molar-refractivity contribution in [2.45, 2.75) is 0 Å². The number of hydrogen-bond acceptors (Lipinski definition) is 4. The average molecular weight is 1290 g/mol. The van der Waals surface area contributed by atoms with E-state index in [-0.39, 0.29) is 0 Å². The second kappa shape index (κ2) is 24.0. The van der Waals surface area contributed by atoms with E-state index in [4.69, 9.17) is 9.97 Å². The number of benzene rings is 15. The molecule has 0 atom stereocenters. The van der Waals surface area contributed by atoms with E-state index >= 15 is 0 Å². The molecule has 4 aromatic heterocycles. The summed E-state index contributed by atoms with van der Waals surface area (Å²) in [6, 6.07) is 125. The minimum Gasteiger partial charge on any atom is -0.309 e. The van der Waals surface area contributed by atoms with Gasteiger partial charge in [0.1, 0.15) is 11.3 Å². The van der Waals surface area contributed by atoms with E-state index in [1.165, 1.54) is 32.7 Å². The van der Waals surface area contributed by atoms with Crippen molar-refractivity contribution in [2.24, 2.45) is 0 Å². The summed E-state index contributed by atoms with van der Waals surface area (Å²) in [7, 11) is -6.04. The SMILES string of the molecule is O=P(c1ccccc1)(c1ccccc1)c1ccc(-c2ccc(-c3ccc4c(c3)c3ccccc3n3c5ccccc5nc43)cc2)cc1.O=P(c1ccccc1)(c1ccccc1)c1ccc2cc(-c3ccc(-c4ccc5c(c4)c4ccccc4n4c6ccccc6nc54)cc3)ccc2c1. The molecule has 4 heterocycles. The number of pyridine rings is 2. The lowest BCUT2D eigenvalue weighted by Gasteiger charge is -2.20. The van der Waals surface area contributed by atoms with Crippen LogP contribution in [0.5, 0.6) is 0 Å². The Bertz CT molecular complexity index is 6310. The Morgan fingerprint density at radius 1 is 0.204 bits per heavy atom. The zero-order valence-corrected chi connectivity index (χ0v) is 54.9. The molecular formula is C90H60N4O2P2. The zero-order valence-electron chi connectivity index (χ0n) is 53.1. The van der Waals surface area contributed by atoms with Gasteiger partial charge in [-0.15, -0.1) is 0 Å². The molecule has 98 heavy (non-hydrogen) atoms. The van der Waals surface area contributed by atoms with Gasteiger partial charge in [0, 0.05) is 53.4 Å². The molecule has 0 unspecified atom stereocenters. The molecule has 0 saturated carbocycles. The van der Waals surface area contributed by atoms with Crippen molar-refractivity contribution in [3.05, 3.63) is 364 Å². The van der Waals surface area contributed by atoms with Crippen LogP contribution >= 0.6 is 14.3 Å². The number of hydrogen-bond donors (Lipinski definition) is 0. The molecule has 0 fully saturated rings. The van der Waals surface area contributed by atoms with Gasteiger partial charge in [-0.2, -0.15) is 0 Å². The molecule has 462 valence electrons. The summed E-state index contributed by atoms with van der Waals surface area (Å²) in [5, 5.41) is 14.3. The van der Waals surface area contributed by atoms with Crippen LogP contribution in [0.4, 0.5) is 0 Å². The van der Waals surface area contributed by atoms with Gasteiger partial charge in [0.15, 0.2) is 14.3 Å². The highest BCUT2D eigenvalue weighted by atomic mass is 31.2. The first-order valence-electron chi connectivity index (χ1n) is 33.1. The second-order valence-corrected chi connectivity index (χ2v) is 30.6. The summed E-state index contributed by atoms with van der Waals surface area (Å²) >= 11 is 0. The number of fused-ring (bicyclic) bond motifs is 17. The first kappa shape index (κ1) is 58.5. The van der Waals surface area contributed by atoms with Crippen molar-refractivity contribution >= 4 is 134 Å². The molecule has 0 saturated heterocycles. The fourth-order valence-electron chi connectivity index (χ4n) is 14.6. The van der Waals surface area contributed by atoms with E-state index in [1.54, 1.807) is 0 Å². The molecule has 19 aromatic rings. The van der Waals surface area contributed by atoms with Crippen molar-refractivity contribution in [1.82, 2.24) is 18.8 Å². The summed E-state index contributed by atoms with van der Waals surface area (Å²) in [5.41, 5.74) is 17.7. The first-order valence-corrected chi connectivity index (χ1v) is 36.5. The molecule has 0 amide bonds. The third-order valence-corrected chi connectivity index (χ3v) is 25.6. The van der Waals surface area contributed by atoms with Crippen LogP contribution in [0, 0.1) is 0 Å². The molecule has 0 bridgehead atoms. The molecule has 0 N–H and O–H groups in total. The Labute approximate surface area is 566 Å². The molecule has 8 heteroatoms. The van der Waals surface area contributed by atoms with E-state index < -0.39 is 14.3 Å². The fraction of sp³-hybridized carbons (Fsp3) is 0. The number of rotatable bonds is 10. The Morgan fingerprint density at radius 2 is 0.490 bits per heavy atom. The lowest BCUT2D eigenvalue weighted by Crippen LogP contribution is -2.24. The third-order valence-electron chi connectivity index (χ3n) is 19.5. The lowest BCUT2D eigenvalue weighted by molar-refractivity contribution is 0.591. The smallest absolute Gasteiger partial charge is 0.171 e. The normalized spacial score (nSPS) is 12.0. The molecule has 0 aliphatic carbocycles. The summed E-state index contributed by atoms with van der Waals surface area (Å²) < 4.78 is 34.3. The van der Waals surface area contributed by atoms with Gasteiger partial charge in [0.2, 0.25) is 0 Å². The highest BCUT2D eigenvalue weighted by molar-refractivity contribution is 7.85. The predicted molar refractivity (Wildman–Crippen MR) is 413 cm³/mol. The fourth-order valence-corrected chi connectivity index (χ4v) is 19.9. The van der Waals surface area contributed by atoms with Crippen molar-refractivity contribution in [3.8, 4) is 44.5 Å². The predicted octanol–water partition coefficient (Wildman–Crippen LogP) is 20.7. The van der Waals surface area contributed by atoms with Crippen LogP contribution in [0.15, 0.2) is 364 Å². The van der Waals surface area contributed by atoms with Crippen LogP contribution in [0.1, 0.15) is 0 Å². The number of imidazole rings is 2. The Balaban J connectivity index is 0.000000143. The molecule has 19 rings (SSSR count). The minimum atomic E-state index is -3.04. The molecule has 6 nitrogen and oxygen atoms in total.